The molecule has 1 fully saturated rings. The number of hydrogen-bond acceptors (Lipinski definition) is 9. The number of likely N-dealkylation sites (N-methyl/N-ethyl adjacent to an activating group) is 1. The van der Waals surface area contributed by atoms with E-state index in [4.69, 9.17) is 5.73 Å². The average molecular weight is 542 g/mol. The van der Waals surface area contributed by atoms with Crippen molar-refractivity contribution in [2.24, 2.45) is 22.0 Å². The van der Waals surface area contributed by atoms with E-state index in [1.807, 2.05) is 0 Å². The molecule has 1 aromatic carbocycles. The first kappa shape index (κ1) is 28.8. The summed E-state index contributed by atoms with van der Waals surface area (Å²) in [5.41, 5.74) is 0.274. The van der Waals surface area contributed by atoms with Gasteiger partial charge in [0.2, 0.25) is 5.78 Å². The van der Waals surface area contributed by atoms with Crippen molar-refractivity contribution < 1.29 is 34.8 Å². The number of Topliss-reactive ketones (excluding diaryl/α,β-unsaturated/α-hetero) is 2. The fourth-order valence-corrected chi connectivity index (χ4v) is 7.07. The first-order valence-electron chi connectivity index (χ1n) is 13.0. The fraction of sp³-hybridized carbons (Fsp3) is 0.552. The Labute approximate surface area is 228 Å². The number of carbonyl (C=O) groups is 3. The van der Waals surface area contributed by atoms with E-state index in [2.05, 4.69) is 26.1 Å². The van der Waals surface area contributed by atoms with Crippen LogP contribution in [0.15, 0.2) is 29.0 Å². The summed E-state index contributed by atoms with van der Waals surface area (Å²) in [5, 5.41) is 49.1. The van der Waals surface area contributed by atoms with Gasteiger partial charge in [0.05, 0.1) is 11.6 Å². The fourth-order valence-electron chi connectivity index (χ4n) is 7.07. The third-order valence-electron chi connectivity index (χ3n) is 8.56. The third kappa shape index (κ3) is 3.99. The summed E-state index contributed by atoms with van der Waals surface area (Å²) in [7, 11) is 3.16. The molecule has 4 atom stereocenters. The zero-order chi connectivity index (χ0) is 29.5. The smallest absolute Gasteiger partial charge is 0.255 e. The number of nitrogens with one attached hydrogen (secondary N) is 1. The summed E-state index contributed by atoms with van der Waals surface area (Å²) in [4.78, 5) is 41.4. The Morgan fingerprint density at radius 1 is 1.15 bits per heavy atom. The highest BCUT2D eigenvalue weighted by Crippen LogP contribution is 2.63. The van der Waals surface area contributed by atoms with E-state index >= 15 is 0 Å². The molecule has 212 valence electrons. The number of ketones is 2. The number of nitrogens with two attached hydrogens (primary N) is 1. The van der Waals surface area contributed by atoms with Crippen molar-refractivity contribution in [3.8, 4) is 5.75 Å². The predicted molar refractivity (Wildman–Crippen MR) is 145 cm³/mol. The molecule has 1 saturated carbocycles. The quantitative estimate of drug-likeness (QED) is 0.304. The van der Waals surface area contributed by atoms with Gasteiger partial charge in [-0.25, -0.2) is 0 Å². The number of aliphatic hydroxyl groups excluding tert-OH is 2. The molecule has 10 nitrogen and oxygen atoms in total. The Kier molecular flexibility index (Phi) is 6.57. The van der Waals surface area contributed by atoms with Gasteiger partial charge in [-0.2, -0.15) is 0 Å². The van der Waals surface area contributed by atoms with Crippen LogP contribution in [0.1, 0.15) is 57.7 Å². The Hall–Kier alpha value is -3.21. The van der Waals surface area contributed by atoms with Crippen LogP contribution in [-0.4, -0.2) is 75.1 Å². The van der Waals surface area contributed by atoms with E-state index < -0.39 is 57.0 Å². The Bertz CT molecular complexity index is 1360. The van der Waals surface area contributed by atoms with Gasteiger partial charge < -0.3 is 31.5 Å². The summed E-state index contributed by atoms with van der Waals surface area (Å²) in [5.74, 6) is -4.88. The maximum atomic E-state index is 14.2. The molecule has 0 aromatic heterocycles. The Balaban J connectivity index is 1.92. The molecule has 1 aromatic rings. The zero-order valence-electron chi connectivity index (χ0n) is 23.6. The Morgan fingerprint density at radius 2 is 1.77 bits per heavy atom. The minimum absolute atomic E-state index is 0.00140. The summed E-state index contributed by atoms with van der Waals surface area (Å²) in [6, 6.07) is 2.40. The first-order chi connectivity index (χ1) is 17.8. The number of aromatic hydroxyl groups is 1. The molecule has 1 amide bonds. The molecule has 39 heavy (non-hydrogen) atoms. The van der Waals surface area contributed by atoms with Crippen LogP contribution in [-0.2, 0) is 27.3 Å². The van der Waals surface area contributed by atoms with Crippen molar-refractivity contribution in [3.63, 3.8) is 0 Å². The van der Waals surface area contributed by atoms with Crippen LogP contribution in [0.5, 0.6) is 5.75 Å². The predicted octanol–water partition coefficient (Wildman–Crippen LogP) is 1.88. The van der Waals surface area contributed by atoms with Gasteiger partial charge in [0.1, 0.15) is 22.8 Å². The minimum Gasteiger partial charge on any atom is -0.508 e. The van der Waals surface area contributed by atoms with E-state index in [0.717, 1.165) is 0 Å². The molecule has 0 spiro atoms. The van der Waals surface area contributed by atoms with Crippen molar-refractivity contribution >= 4 is 23.2 Å². The van der Waals surface area contributed by atoms with E-state index in [9.17, 15) is 34.8 Å². The average Bonchev–Trinajstić information content (AvgIpc) is 2.76. The molecule has 0 saturated heterocycles. The second kappa shape index (κ2) is 8.90. The second-order valence-corrected chi connectivity index (χ2v) is 13.2. The highest BCUT2D eigenvalue weighted by Gasteiger charge is 2.72. The molecule has 3 aliphatic carbocycles. The topological polar surface area (TPSA) is 173 Å². The summed E-state index contributed by atoms with van der Waals surface area (Å²) in [6.07, 6.45) is 0.227. The number of primary amides is 1. The number of amides is 1. The lowest BCUT2D eigenvalue weighted by molar-refractivity contribution is -0.175. The van der Waals surface area contributed by atoms with Crippen molar-refractivity contribution in [2.45, 2.75) is 65.6 Å². The van der Waals surface area contributed by atoms with Crippen molar-refractivity contribution in [1.29, 1.82) is 0 Å². The number of hydrogen-bond donors (Lipinski definition) is 6. The number of aliphatic hydroxyl groups is 3. The summed E-state index contributed by atoms with van der Waals surface area (Å²) in [6.45, 7) is 10.5. The molecule has 0 heterocycles. The van der Waals surface area contributed by atoms with Gasteiger partial charge in [-0.1, -0.05) is 46.8 Å². The van der Waals surface area contributed by atoms with Gasteiger partial charge in [0, 0.05) is 35.1 Å². The lowest BCUT2D eigenvalue weighted by Gasteiger charge is -2.59. The molecule has 0 bridgehead atoms. The number of benzene rings is 1. The highest BCUT2D eigenvalue weighted by molar-refractivity contribution is 6.25. The van der Waals surface area contributed by atoms with Gasteiger partial charge in [-0.3, -0.25) is 19.3 Å². The monoisotopic (exact) mass is 541 g/mol. The third-order valence-corrected chi connectivity index (χ3v) is 8.56. The van der Waals surface area contributed by atoms with Crippen LogP contribution in [0.3, 0.4) is 0 Å². The van der Waals surface area contributed by atoms with Gasteiger partial charge >= 0.3 is 0 Å². The van der Waals surface area contributed by atoms with Gasteiger partial charge in [-0.05, 0) is 37.9 Å². The standard InChI is InChI=1S/C29H39N3O7/c1-26(2,3)13-31-11-15-9-8-14-10-27(4)12-28(5)22(32(6)7)21(35)17(25(30)38)23(36)29(28,39)24(37)18(27)20(34)16(14)19(15)33/h8-9,22,31,33-34,36,39H,10-13H2,1-7H3,(H2,30,38)/t22-,27+,28+,29-/m1/s1. The van der Waals surface area contributed by atoms with Gasteiger partial charge in [0.15, 0.2) is 11.4 Å². The van der Waals surface area contributed by atoms with E-state index in [0.29, 0.717) is 24.2 Å². The van der Waals surface area contributed by atoms with Gasteiger partial charge in [0.25, 0.3) is 5.91 Å². The van der Waals surface area contributed by atoms with E-state index in [-0.39, 0.29) is 35.1 Å². The molecule has 4 rings (SSSR count). The molecular formula is C29H39N3O7. The molecule has 7 N–H and O–H groups in total. The highest BCUT2D eigenvalue weighted by atomic mass is 16.3. The molecule has 10 heteroatoms. The van der Waals surface area contributed by atoms with Crippen LogP contribution >= 0.6 is 0 Å². The number of rotatable bonds is 5. The molecule has 0 radical (unpaired) electrons. The van der Waals surface area contributed by atoms with Crippen LogP contribution in [0.25, 0.3) is 5.76 Å². The van der Waals surface area contributed by atoms with Crippen molar-refractivity contribution in [1.82, 2.24) is 10.2 Å². The SMILES string of the molecule is CN(C)[C@@H]1C(=O)C(C(N)=O)=C(O)[C@@]2(O)C(=O)C3=C(O)c4c(ccc(CNCC(C)(C)C)c4O)C[C@@]3(C)C[C@@]12C. The number of fused-ring (bicyclic) bond motifs is 3. The number of phenols is 1. The van der Waals surface area contributed by atoms with Crippen LogP contribution in [0, 0.1) is 16.2 Å². The van der Waals surface area contributed by atoms with Gasteiger partial charge in [-0.15, -0.1) is 0 Å². The van der Waals surface area contributed by atoms with E-state index in [1.165, 1.54) is 11.8 Å². The largest absolute Gasteiger partial charge is 0.508 e. The Morgan fingerprint density at radius 3 is 2.31 bits per heavy atom. The maximum Gasteiger partial charge on any atom is 0.255 e. The molecular weight excluding hydrogens is 502 g/mol. The number of carbonyl (C=O) groups excluding carboxylic acids is 3. The van der Waals surface area contributed by atoms with Crippen molar-refractivity contribution in [2.75, 3.05) is 20.6 Å². The number of nitrogens with zero attached hydrogens (tertiary/aromatic N) is 1. The second-order valence-electron chi connectivity index (χ2n) is 13.2. The lowest BCUT2D eigenvalue weighted by atomic mass is 9.46. The van der Waals surface area contributed by atoms with Crippen LogP contribution in [0.2, 0.25) is 0 Å². The molecule has 3 aliphatic rings. The normalized spacial score (nSPS) is 30.8. The first-order valence-corrected chi connectivity index (χ1v) is 13.0. The minimum atomic E-state index is -2.72. The summed E-state index contributed by atoms with van der Waals surface area (Å²) >= 11 is 0. The molecule has 0 aliphatic heterocycles. The van der Waals surface area contributed by atoms with Crippen LogP contribution < -0.4 is 11.1 Å². The van der Waals surface area contributed by atoms with Crippen LogP contribution in [0.4, 0.5) is 0 Å². The number of phenolic OH excluding ortho intramolecular Hbond substituents is 1. The van der Waals surface area contributed by atoms with E-state index in [1.54, 1.807) is 33.2 Å². The zero-order valence-corrected chi connectivity index (χ0v) is 23.6. The molecule has 0 unspecified atom stereocenters. The van der Waals surface area contributed by atoms with Crippen molar-refractivity contribution in [3.05, 3.63) is 45.7 Å². The lowest BCUT2D eigenvalue weighted by Crippen LogP contribution is -2.72. The maximum absolute atomic E-state index is 14.2. The summed E-state index contributed by atoms with van der Waals surface area (Å²) < 4.78 is 0.